The lowest BCUT2D eigenvalue weighted by atomic mass is 9.96. The van der Waals surface area contributed by atoms with Crippen molar-refractivity contribution in [3.63, 3.8) is 0 Å². The molecule has 1 aliphatic heterocycles. The second-order valence-corrected chi connectivity index (χ2v) is 5.43. The van der Waals surface area contributed by atoms with Crippen molar-refractivity contribution in [3.05, 3.63) is 15.9 Å². The zero-order valence-corrected chi connectivity index (χ0v) is 12.2. The van der Waals surface area contributed by atoms with Crippen molar-refractivity contribution in [1.82, 2.24) is 9.78 Å². The largest absolute Gasteiger partial charge is 0.379 e. The molecular weight excluding hydrogens is 298 g/mol. The molecular formula is C12H18BrN3O2. The first kappa shape index (κ1) is 13.7. The van der Waals surface area contributed by atoms with Gasteiger partial charge in [0.25, 0.3) is 0 Å². The van der Waals surface area contributed by atoms with Crippen LogP contribution in [0.15, 0.2) is 4.47 Å². The lowest BCUT2D eigenvalue weighted by Crippen LogP contribution is -2.35. The van der Waals surface area contributed by atoms with E-state index in [1.54, 1.807) is 4.68 Å². The lowest BCUT2D eigenvalue weighted by Gasteiger charge is -2.12. The molecule has 1 aromatic heterocycles. The first-order valence-electron chi connectivity index (χ1n) is 6.10. The van der Waals surface area contributed by atoms with Crippen LogP contribution in [0.4, 0.5) is 0 Å². The number of ether oxygens (including phenoxy) is 1. The molecule has 2 N–H and O–H groups in total. The van der Waals surface area contributed by atoms with E-state index in [2.05, 4.69) is 21.0 Å². The van der Waals surface area contributed by atoms with Gasteiger partial charge in [-0.15, -0.1) is 0 Å². The molecule has 2 rings (SSSR count). The Labute approximate surface area is 115 Å². The van der Waals surface area contributed by atoms with Crippen molar-refractivity contribution in [2.75, 3.05) is 13.2 Å². The zero-order valence-electron chi connectivity index (χ0n) is 10.6. The standard InChI is InChI=1S/C12H18BrN3O2/c1-3-9-12(13)10(16(2)15-9)4-11(17)7-5-18-6-8(7)14/h7-8H,3-6,14H2,1-2H3. The van der Waals surface area contributed by atoms with Gasteiger partial charge in [-0.25, -0.2) is 0 Å². The predicted octanol–water partition coefficient (Wildman–Crippen LogP) is 0.830. The topological polar surface area (TPSA) is 70.1 Å². The number of nitrogens with zero attached hydrogens (tertiary/aromatic N) is 2. The van der Waals surface area contributed by atoms with Crippen LogP contribution in [0.2, 0.25) is 0 Å². The molecule has 0 aromatic carbocycles. The second-order valence-electron chi connectivity index (χ2n) is 4.64. The summed E-state index contributed by atoms with van der Waals surface area (Å²) < 4.78 is 7.94. The molecule has 5 nitrogen and oxygen atoms in total. The third-order valence-electron chi connectivity index (χ3n) is 3.38. The number of aryl methyl sites for hydroxylation is 2. The summed E-state index contributed by atoms with van der Waals surface area (Å²) in [5, 5.41) is 4.38. The van der Waals surface area contributed by atoms with E-state index in [4.69, 9.17) is 10.5 Å². The van der Waals surface area contributed by atoms with Crippen molar-refractivity contribution in [2.45, 2.75) is 25.8 Å². The molecule has 2 heterocycles. The first-order valence-corrected chi connectivity index (χ1v) is 6.90. The SMILES string of the molecule is CCc1nn(C)c(CC(=O)C2COCC2N)c1Br. The summed E-state index contributed by atoms with van der Waals surface area (Å²) in [5.74, 6) is -0.0526. The highest BCUT2D eigenvalue weighted by Crippen LogP contribution is 2.24. The molecule has 1 saturated heterocycles. The van der Waals surface area contributed by atoms with E-state index in [0.29, 0.717) is 19.6 Å². The summed E-state index contributed by atoms with van der Waals surface area (Å²) in [6.45, 7) is 2.96. The van der Waals surface area contributed by atoms with Crippen LogP contribution in [0.1, 0.15) is 18.3 Å². The van der Waals surface area contributed by atoms with Gasteiger partial charge in [0.05, 0.1) is 35.0 Å². The molecule has 2 atom stereocenters. The molecule has 6 heteroatoms. The maximum absolute atomic E-state index is 12.2. The fourth-order valence-electron chi connectivity index (χ4n) is 2.21. The highest BCUT2D eigenvalue weighted by molar-refractivity contribution is 9.10. The van der Waals surface area contributed by atoms with Gasteiger partial charge in [-0.3, -0.25) is 9.48 Å². The Morgan fingerprint density at radius 3 is 2.83 bits per heavy atom. The molecule has 1 aromatic rings. The molecule has 100 valence electrons. The average Bonchev–Trinajstić information content (AvgIpc) is 2.87. The van der Waals surface area contributed by atoms with Crippen LogP contribution in [-0.2, 0) is 29.4 Å². The van der Waals surface area contributed by atoms with Crippen LogP contribution in [0.3, 0.4) is 0 Å². The molecule has 2 unspecified atom stereocenters. The van der Waals surface area contributed by atoms with Crippen molar-refractivity contribution < 1.29 is 9.53 Å². The molecule has 18 heavy (non-hydrogen) atoms. The van der Waals surface area contributed by atoms with Crippen molar-refractivity contribution in [2.24, 2.45) is 18.7 Å². The number of aromatic nitrogens is 2. The number of nitrogens with two attached hydrogens (primary N) is 1. The van der Waals surface area contributed by atoms with Crippen LogP contribution >= 0.6 is 15.9 Å². The second kappa shape index (κ2) is 5.50. The minimum absolute atomic E-state index is 0.131. The van der Waals surface area contributed by atoms with Gasteiger partial charge in [0, 0.05) is 19.5 Å². The summed E-state index contributed by atoms with van der Waals surface area (Å²) in [4.78, 5) is 12.2. The Hall–Kier alpha value is -0.720. The predicted molar refractivity (Wildman–Crippen MR) is 71.3 cm³/mol. The van der Waals surface area contributed by atoms with Crippen molar-refractivity contribution >= 4 is 21.7 Å². The smallest absolute Gasteiger partial charge is 0.145 e. The number of hydrogen-bond donors (Lipinski definition) is 1. The number of carbonyl (C=O) groups is 1. The van der Waals surface area contributed by atoms with E-state index in [0.717, 1.165) is 22.3 Å². The summed E-state index contributed by atoms with van der Waals surface area (Å²) in [7, 11) is 1.86. The number of carbonyl (C=O) groups excluding carboxylic acids is 1. The van der Waals surface area contributed by atoms with Gasteiger partial charge in [-0.1, -0.05) is 6.92 Å². The minimum atomic E-state index is -0.183. The Kier molecular flexibility index (Phi) is 4.19. The van der Waals surface area contributed by atoms with E-state index in [1.165, 1.54) is 0 Å². The number of ketones is 1. The van der Waals surface area contributed by atoms with Gasteiger partial charge < -0.3 is 10.5 Å². The minimum Gasteiger partial charge on any atom is -0.379 e. The summed E-state index contributed by atoms with van der Waals surface area (Å²) in [6, 6.07) is -0.171. The molecule has 0 spiro atoms. The lowest BCUT2D eigenvalue weighted by molar-refractivity contribution is -0.122. The fraction of sp³-hybridized carbons (Fsp3) is 0.667. The Balaban J connectivity index is 2.14. The fourth-order valence-corrected chi connectivity index (χ4v) is 2.97. The Morgan fingerprint density at radius 1 is 1.61 bits per heavy atom. The Bertz CT molecular complexity index is 458. The van der Waals surface area contributed by atoms with Gasteiger partial charge in [-0.05, 0) is 22.4 Å². The molecule has 1 aliphatic rings. The van der Waals surface area contributed by atoms with Crippen molar-refractivity contribution in [1.29, 1.82) is 0 Å². The van der Waals surface area contributed by atoms with Gasteiger partial charge in [-0.2, -0.15) is 5.10 Å². The summed E-state index contributed by atoms with van der Waals surface area (Å²) in [6.07, 6.45) is 1.19. The van der Waals surface area contributed by atoms with Crippen LogP contribution in [0, 0.1) is 5.92 Å². The number of halogens is 1. The van der Waals surface area contributed by atoms with Crippen LogP contribution < -0.4 is 5.73 Å². The maximum Gasteiger partial charge on any atom is 0.145 e. The highest BCUT2D eigenvalue weighted by Gasteiger charge is 2.32. The third-order valence-corrected chi connectivity index (χ3v) is 4.30. The van der Waals surface area contributed by atoms with E-state index in [9.17, 15) is 4.79 Å². The van der Waals surface area contributed by atoms with Crippen molar-refractivity contribution in [3.8, 4) is 0 Å². The number of Topliss-reactive ketones (excluding diaryl/α,β-unsaturated/α-hetero) is 1. The number of hydrogen-bond acceptors (Lipinski definition) is 4. The molecule has 0 saturated carbocycles. The van der Waals surface area contributed by atoms with Gasteiger partial charge in [0.1, 0.15) is 5.78 Å². The van der Waals surface area contributed by atoms with E-state index >= 15 is 0 Å². The van der Waals surface area contributed by atoms with E-state index in [-0.39, 0.29) is 17.7 Å². The normalized spacial score (nSPS) is 23.6. The van der Waals surface area contributed by atoms with Crippen LogP contribution in [-0.4, -0.2) is 34.8 Å². The summed E-state index contributed by atoms with van der Waals surface area (Å²) >= 11 is 3.52. The monoisotopic (exact) mass is 315 g/mol. The summed E-state index contributed by atoms with van der Waals surface area (Å²) in [5.41, 5.74) is 7.75. The van der Waals surface area contributed by atoms with Gasteiger partial charge in [0.15, 0.2) is 0 Å². The molecule has 0 aliphatic carbocycles. The van der Waals surface area contributed by atoms with E-state index in [1.807, 2.05) is 14.0 Å². The number of rotatable bonds is 4. The molecule has 0 radical (unpaired) electrons. The maximum atomic E-state index is 12.2. The van der Waals surface area contributed by atoms with Gasteiger partial charge >= 0.3 is 0 Å². The average molecular weight is 316 g/mol. The van der Waals surface area contributed by atoms with E-state index < -0.39 is 0 Å². The first-order chi connectivity index (χ1) is 8.54. The quantitative estimate of drug-likeness (QED) is 0.893. The zero-order chi connectivity index (χ0) is 13.3. The Morgan fingerprint density at radius 2 is 2.33 bits per heavy atom. The third kappa shape index (κ3) is 2.50. The molecule has 0 amide bonds. The van der Waals surface area contributed by atoms with Crippen LogP contribution in [0.25, 0.3) is 0 Å². The van der Waals surface area contributed by atoms with Crippen LogP contribution in [0.5, 0.6) is 0 Å². The van der Waals surface area contributed by atoms with Gasteiger partial charge in [0.2, 0.25) is 0 Å². The molecule has 0 bridgehead atoms. The molecule has 1 fully saturated rings. The highest BCUT2D eigenvalue weighted by atomic mass is 79.9.